The molecule has 3 aliphatic heterocycles. The molecule has 0 radical (unpaired) electrons. The number of aliphatic carboxylic acids is 1. The highest BCUT2D eigenvalue weighted by Crippen LogP contribution is 2.75. The van der Waals surface area contributed by atoms with E-state index in [2.05, 4.69) is 20.9 Å². The molecule has 26 heteroatoms. The second-order valence-electron chi connectivity index (χ2n) is 25.5. The fourth-order valence-electron chi connectivity index (χ4n) is 16.4. The van der Waals surface area contributed by atoms with Gasteiger partial charge >= 0.3 is 18.0 Å². The average molecular weight is 1200 g/mol. The first-order valence-corrected chi connectivity index (χ1v) is 28.9. The molecule has 86 heavy (non-hydrogen) atoms. The Kier molecular flexibility index (Phi) is 15.6. The molecular weight excluding hydrogens is 1130 g/mol. The standard InChI is InChI=1S/C60H69F2N5O19/c1-55-15-13-34(69)19-37(55)38(61)20-36-35-18-32-23-66(29-59(32,42(71)24-68)56(35,2)22-41(70)60(36,55)62)33-6-3-30(4-7-33)21-57-26-58(27-57,28-57)65-54(82)83-25-31-5-8-40(84-53-50(79)48(77)49(78)51(85-53)52(80)81)39(17-31)64-44(73)14-16-63-43(72)9-12-47(76)86-67-45(74)10-11-46(67)75/h3-8,13,15,17,19,32,35-36,38,41,48-51,53,68,70,77-79H,9-12,14,16,18,20-29H2,1-2H3,(H,63,72)(H,64,73)(H,65,82)(H,80,81)/t32-,35-,36-,38-,41-,48-,49-,50+,51-,53+,55-,56-,57?,58?,59+,60-/m0/s1. The van der Waals surface area contributed by atoms with E-state index in [9.17, 15) is 73.8 Å². The lowest BCUT2D eigenvalue weighted by Gasteiger charge is -2.70. The Labute approximate surface area is 491 Å². The van der Waals surface area contributed by atoms with Gasteiger partial charge in [-0.05, 0) is 128 Å². The number of allylic oxidation sites excluding steroid dienone is 4. The Morgan fingerprint density at radius 3 is 2.23 bits per heavy atom. The van der Waals surface area contributed by atoms with Crippen molar-refractivity contribution in [3.05, 3.63) is 77.4 Å². The van der Waals surface area contributed by atoms with Crippen LogP contribution in [0.4, 0.5) is 25.0 Å². The number of rotatable bonds is 19. The highest BCUT2D eigenvalue weighted by Gasteiger charge is 2.78. The number of amides is 5. The van der Waals surface area contributed by atoms with Crippen LogP contribution >= 0.6 is 0 Å². The third kappa shape index (κ3) is 10.1. The molecule has 24 nitrogen and oxygen atoms in total. The summed E-state index contributed by atoms with van der Waals surface area (Å²) in [4.78, 5) is 120. The Hall–Kier alpha value is -7.23. The number of ketones is 2. The van der Waals surface area contributed by atoms with E-state index in [4.69, 9.17) is 19.0 Å². The van der Waals surface area contributed by atoms with E-state index in [1.54, 1.807) is 6.92 Å². The van der Waals surface area contributed by atoms with Crippen LogP contribution in [0.3, 0.4) is 0 Å². The van der Waals surface area contributed by atoms with E-state index in [0.717, 1.165) is 23.7 Å². The van der Waals surface area contributed by atoms with Crippen molar-refractivity contribution in [2.45, 2.75) is 152 Å². The second-order valence-corrected chi connectivity index (χ2v) is 25.5. The lowest BCUT2D eigenvalue weighted by molar-refractivity contribution is -0.271. The maximum Gasteiger partial charge on any atom is 0.407 e. The molecule has 462 valence electrons. The minimum absolute atomic E-state index is 0.0329. The first-order valence-electron chi connectivity index (χ1n) is 28.9. The largest absolute Gasteiger partial charge is 0.479 e. The number of hydrogen-bond donors (Lipinski definition) is 9. The van der Waals surface area contributed by atoms with Gasteiger partial charge in [-0.3, -0.25) is 28.8 Å². The van der Waals surface area contributed by atoms with Gasteiger partial charge in [-0.2, -0.15) is 0 Å². The van der Waals surface area contributed by atoms with Gasteiger partial charge in [0.05, 0.1) is 23.6 Å². The van der Waals surface area contributed by atoms with E-state index >= 15 is 8.78 Å². The maximum atomic E-state index is 17.9. The van der Waals surface area contributed by atoms with Gasteiger partial charge in [-0.1, -0.05) is 31.2 Å². The van der Waals surface area contributed by atoms with E-state index in [-0.39, 0.29) is 85.9 Å². The lowest BCUT2D eigenvalue weighted by atomic mass is 9.38. The topological polar surface area (TPSA) is 354 Å². The molecule has 14 atom stereocenters. The fourth-order valence-corrected chi connectivity index (χ4v) is 16.4. The summed E-state index contributed by atoms with van der Waals surface area (Å²) in [6.07, 6.45) is -8.52. The molecule has 0 unspecified atom stereocenters. The second kappa shape index (κ2) is 22.2. The number of nitrogens with zero attached hydrogens (tertiary/aromatic N) is 2. The van der Waals surface area contributed by atoms with Gasteiger partial charge in [0, 0.05) is 67.9 Å². The van der Waals surface area contributed by atoms with Crippen LogP contribution in [0.1, 0.15) is 95.6 Å². The highest BCUT2D eigenvalue weighted by atomic mass is 19.1. The Balaban J connectivity index is 0.681. The molecule has 12 rings (SSSR count). The number of carboxylic acid groups (broad SMARTS) is 1. The van der Waals surface area contributed by atoms with Crippen LogP contribution < -0.4 is 25.6 Å². The van der Waals surface area contributed by atoms with Crippen LogP contribution in [0.2, 0.25) is 0 Å². The molecule has 6 saturated carbocycles. The molecule has 9 N–H and O–H groups in total. The summed E-state index contributed by atoms with van der Waals surface area (Å²) in [5, 5.41) is 71.6. The monoisotopic (exact) mass is 1200 g/mol. The molecule has 7 aliphatic carbocycles. The minimum atomic E-state index is -2.29. The maximum absolute atomic E-state index is 17.9. The molecule has 10 aliphatic rings. The van der Waals surface area contributed by atoms with Crippen molar-refractivity contribution >= 4 is 64.6 Å². The number of alkyl halides is 2. The average Bonchev–Trinajstić information content (AvgIpc) is 1.24. The predicted molar refractivity (Wildman–Crippen MR) is 291 cm³/mol. The minimum Gasteiger partial charge on any atom is -0.479 e. The molecule has 2 aromatic carbocycles. The Bertz CT molecular complexity index is 3200. The number of hydrogen-bond acceptors (Lipinski definition) is 19. The first kappa shape index (κ1) is 60.5. The number of carbonyl (C=O) groups excluding carboxylic acids is 8. The number of aliphatic hydroxyl groups is 5. The van der Waals surface area contributed by atoms with Gasteiger partial charge in [0.2, 0.25) is 18.1 Å². The summed E-state index contributed by atoms with van der Waals surface area (Å²) in [6, 6.07) is 12.1. The van der Waals surface area contributed by atoms with Crippen molar-refractivity contribution in [1.29, 1.82) is 0 Å². The number of carbonyl (C=O) groups is 9. The molecule has 3 heterocycles. The van der Waals surface area contributed by atoms with Crippen molar-refractivity contribution in [3.63, 3.8) is 0 Å². The molecule has 2 bridgehead atoms. The molecule has 9 fully saturated rings. The van der Waals surface area contributed by atoms with E-state index in [1.807, 2.05) is 31.2 Å². The van der Waals surface area contributed by atoms with E-state index < -0.39 is 149 Å². The predicted octanol–water partition coefficient (Wildman–Crippen LogP) is 2.09. The number of anilines is 2. The van der Waals surface area contributed by atoms with Crippen molar-refractivity contribution < 1.29 is 102 Å². The number of hydroxylamine groups is 2. The van der Waals surface area contributed by atoms with Gasteiger partial charge in [-0.25, -0.2) is 23.2 Å². The van der Waals surface area contributed by atoms with E-state index in [1.165, 1.54) is 30.4 Å². The molecular formula is C60H69F2N5O19. The summed E-state index contributed by atoms with van der Waals surface area (Å²) in [6.45, 7) is 2.82. The number of imide groups is 1. The van der Waals surface area contributed by atoms with Gasteiger partial charge in [0.25, 0.3) is 11.8 Å². The van der Waals surface area contributed by atoms with Gasteiger partial charge < -0.3 is 70.5 Å². The summed E-state index contributed by atoms with van der Waals surface area (Å²) in [5.74, 6) is -8.14. The van der Waals surface area contributed by atoms with Crippen LogP contribution in [0.5, 0.6) is 5.75 Å². The molecule has 2 aromatic rings. The van der Waals surface area contributed by atoms with Crippen LogP contribution in [-0.2, 0) is 65.7 Å². The van der Waals surface area contributed by atoms with Gasteiger partial charge in [0.15, 0.2) is 23.3 Å². The van der Waals surface area contributed by atoms with Crippen molar-refractivity contribution in [2.24, 2.45) is 39.4 Å². The van der Waals surface area contributed by atoms with Crippen LogP contribution in [0, 0.1) is 39.4 Å². The summed E-state index contributed by atoms with van der Waals surface area (Å²) >= 11 is 0. The summed E-state index contributed by atoms with van der Waals surface area (Å²) < 4.78 is 50.6. The highest BCUT2D eigenvalue weighted by molar-refractivity contribution is 6.02. The van der Waals surface area contributed by atoms with Crippen LogP contribution in [-0.4, -0.2) is 169 Å². The van der Waals surface area contributed by atoms with Crippen LogP contribution in [0.15, 0.2) is 66.3 Å². The van der Waals surface area contributed by atoms with Gasteiger partial charge in [0.1, 0.15) is 43.4 Å². The zero-order chi connectivity index (χ0) is 61.6. The van der Waals surface area contributed by atoms with Crippen molar-refractivity contribution in [1.82, 2.24) is 15.7 Å². The number of halogens is 2. The Morgan fingerprint density at radius 2 is 1.55 bits per heavy atom. The smallest absolute Gasteiger partial charge is 0.407 e. The molecule has 0 spiro atoms. The number of carboxylic acids is 1. The Morgan fingerprint density at radius 1 is 0.849 bits per heavy atom. The van der Waals surface area contributed by atoms with E-state index in [0.29, 0.717) is 42.9 Å². The number of aliphatic hydroxyl groups excluding tert-OH is 5. The quantitative estimate of drug-likeness (QED) is 0.0909. The fraction of sp³-hybridized carbons (Fsp3) is 0.583. The number of fused-ring (bicyclic) bond motifs is 7. The zero-order valence-electron chi connectivity index (χ0n) is 47.2. The number of benzene rings is 2. The summed E-state index contributed by atoms with van der Waals surface area (Å²) in [5.41, 5.74) is -4.36. The zero-order valence-corrected chi connectivity index (χ0v) is 47.2. The number of alkyl carbamates (subject to hydrolysis) is 1. The summed E-state index contributed by atoms with van der Waals surface area (Å²) in [7, 11) is 0. The lowest BCUT2D eigenvalue weighted by Crippen LogP contribution is -2.75. The number of nitrogens with one attached hydrogen (secondary N) is 3. The molecule has 0 aromatic heterocycles. The SMILES string of the molecule is C[C@]12C=CC(=O)C=C1[C@@H](F)C[C@H]1[C@@H]3C[C@H]4CN(c5ccc(CC67CC(NC(=O)OCc8ccc(O[C@@H]9O[C@H](C(=O)O)[C@@H](O)[C@H](O)[C@H]9O)c(NC(=O)CCNC(=O)CCC(=O)ON9C(=O)CCC9=O)c8)(C6)C7)cc5)C[C@@]4(C(=O)CO)[C@@]3(C)C[C@H](O)[C@@]12F. The van der Waals surface area contributed by atoms with Crippen LogP contribution in [0.25, 0.3) is 0 Å². The normalized spacial score (nSPS) is 37.1. The van der Waals surface area contributed by atoms with Crippen molar-refractivity contribution in [2.75, 3.05) is 36.5 Å². The van der Waals surface area contributed by atoms with Crippen molar-refractivity contribution in [3.8, 4) is 5.75 Å². The molecule has 5 amide bonds. The third-order valence-electron chi connectivity index (χ3n) is 20.4. The first-order chi connectivity index (χ1) is 40.7. The number of ether oxygens (including phenoxy) is 3. The number of Topliss-reactive ketones (excluding diaryl/α,β-unsaturated/α-hetero) is 1. The third-order valence-corrected chi connectivity index (χ3v) is 20.4. The van der Waals surface area contributed by atoms with Gasteiger partial charge in [-0.15, -0.1) is 5.06 Å². The molecule has 3 saturated heterocycles.